The van der Waals surface area contributed by atoms with Crippen LogP contribution in [0.1, 0.15) is 15.9 Å². The van der Waals surface area contributed by atoms with Gasteiger partial charge in [-0.2, -0.15) is 13.2 Å². The van der Waals surface area contributed by atoms with Crippen LogP contribution in [0.5, 0.6) is 0 Å². The summed E-state index contributed by atoms with van der Waals surface area (Å²) < 4.78 is 40.0. The van der Waals surface area contributed by atoms with E-state index in [-0.39, 0.29) is 5.56 Å². The third-order valence-corrected chi connectivity index (χ3v) is 3.28. The number of halogens is 3. The number of carbonyl (C=O) groups excluding carboxylic acids is 1. The third kappa shape index (κ3) is 2.41. The fourth-order valence-electron chi connectivity index (χ4n) is 2.20. The number of nitrogens with two attached hydrogens (primary N) is 1. The zero-order chi connectivity index (χ0) is 15.9. The molecule has 0 aliphatic rings. The summed E-state index contributed by atoms with van der Waals surface area (Å²) in [6.45, 7) is 0. The van der Waals surface area contributed by atoms with E-state index in [0.29, 0.717) is 16.9 Å². The lowest BCUT2D eigenvalue weighted by Gasteiger charge is -2.08. The second-order valence-corrected chi connectivity index (χ2v) is 4.73. The molecule has 2 N–H and O–H groups in total. The van der Waals surface area contributed by atoms with Crippen LogP contribution >= 0.6 is 0 Å². The molecule has 2 aromatic heterocycles. The molecule has 0 bridgehead atoms. The van der Waals surface area contributed by atoms with Crippen molar-refractivity contribution in [2.45, 2.75) is 6.18 Å². The number of hydrogen-bond acceptors (Lipinski definition) is 2. The van der Waals surface area contributed by atoms with Gasteiger partial charge in [0.25, 0.3) is 0 Å². The Bertz CT molecular complexity index is 868. The summed E-state index contributed by atoms with van der Waals surface area (Å²) in [4.78, 5) is 15.2. The average Bonchev–Trinajstić information content (AvgIpc) is 2.89. The topological polar surface area (TPSA) is 60.4 Å². The second kappa shape index (κ2) is 4.87. The highest BCUT2D eigenvalue weighted by atomic mass is 19.4. The van der Waals surface area contributed by atoms with Crippen molar-refractivity contribution in [3.05, 3.63) is 59.9 Å². The van der Waals surface area contributed by atoms with Crippen LogP contribution in [0, 0.1) is 0 Å². The van der Waals surface area contributed by atoms with Gasteiger partial charge < -0.3 is 5.73 Å². The van der Waals surface area contributed by atoms with Crippen LogP contribution in [0.3, 0.4) is 0 Å². The van der Waals surface area contributed by atoms with Crippen LogP contribution in [0.4, 0.5) is 13.2 Å². The van der Waals surface area contributed by atoms with Gasteiger partial charge in [-0.1, -0.05) is 12.1 Å². The predicted octanol–water partition coefficient (Wildman–Crippen LogP) is 3.12. The number of carbonyl (C=O) groups is 1. The predicted molar refractivity (Wildman–Crippen MR) is 74.1 cm³/mol. The van der Waals surface area contributed by atoms with E-state index in [2.05, 4.69) is 4.98 Å². The number of imidazole rings is 1. The largest absolute Gasteiger partial charge is 0.416 e. The minimum Gasteiger partial charge on any atom is -0.366 e. The molecule has 0 fully saturated rings. The molecule has 112 valence electrons. The van der Waals surface area contributed by atoms with Gasteiger partial charge in [-0.3, -0.25) is 9.20 Å². The van der Waals surface area contributed by atoms with Gasteiger partial charge in [0, 0.05) is 17.3 Å². The van der Waals surface area contributed by atoms with E-state index in [0.717, 1.165) is 12.1 Å². The first-order valence-electron chi connectivity index (χ1n) is 6.31. The quantitative estimate of drug-likeness (QED) is 0.790. The van der Waals surface area contributed by atoms with E-state index in [4.69, 9.17) is 5.73 Å². The molecule has 0 aliphatic heterocycles. The molecule has 0 saturated carbocycles. The van der Waals surface area contributed by atoms with Gasteiger partial charge in [0.1, 0.15) is 5.65 Å². The van der Waals surface area contributed by atoms with E-state index in [9.17, 15) is 18.0 Å². The Hall–Kier alpha value is -2.83. The minimum absolute atomic E-state index is 0.286. The average molecular weight is 305 g/mol. The van der Waals surface area contributed by atoms with E-state index >= 15 is 0 Å². The number of hydrogen-bond donors (Lipinski definition) is 1. The molecular weight excluding hydrogens is 295 g/mol. The second-order valence-electron chi connectivity index (χ2n) is 4.73. The van der Waals surface area contributed by atoms with E-state index in [1.807, 2.05) is 0 Å². The molecule has 0 saturated heterocycles. The lowest BCUT2D eigenvalue weighted by molar-refractivity contribution is -0.137. The Kier molecular flexibility index (Phi) is 3.13. The molecule has 0 atom stereocenters. The van der Waals surface area contributed by atoms with Gasteiger partial charge in [0.05, 0.1) is 17.5 Å². The SMILES string of the molecule is NC(=O)c1ccn2c(-c3cccc(C(F)(F)F)c3)cnc2c1. The highest BCUT2D eigenvalue weighted by Crippen LogP contribution is 2.32. The summed E-state index contributed by atoms with van der Waals surface area (Å²) in [6.07, 6.45) is -1.40. The smallest absolute Gasteiger partial charge is 0.366 e. The molecule has 4 nitrogen and oxygen atoms in total. The van der Waals surface area contributed by atoms with Crippen LogP contribution in [-0.4, -0.2) is 15.3 Å². The summed E-state index contributed by atoms with van der Waals surface area (Å²) in [6, 6.07) is 7.97. The van der Waals surface area contributed by atoms with Crippen molar-refractivity contribution in [3.63, 3.8) is 0 Å². The first kappa shape index (κ1) is 14.1. The molecule has 7 heteroatoms. The zero-order valence-corrected chi connectivity index (χ0v) is 11.1. The Labute approximate surface area is 123 Å². The molecule has 3 rings (SSSR count). The summed E-state index contributed by atoms with van der Waals surface area (Å²) in [7, 11) is 0. The van der Waals surface area contributed by atoms with Gasteiger partial charge in [0.2, 0.25) is 5.91 Å². The van der Waals surface area contributed by atoms with Crippen molar-refractivity contribution in [2.75, 3.05) is 0 Å². The van der Waals surface area contributed by atoms with Gasteiger partial charge >= 0.3 is 6.18 Å². The van der Waals surface area contributed by atoms with Crippen molar-refractivity contribution in [3.8, 4) is 11.3 Å². The standard InChI is InChI=1S/C15H10F3N3O/c16-15(17,18)11-3-1-2-9(6-11)12-8-20-13-7-10(14(19)22)4-5-21(12)13/h1-8H,(H2,19,22). The molecule has 0 aliphatic carbocycles. The summed E-state index contributed by atoms with van der Waals surface area (Å²) >= 11 is 0. The van der Waals surface area contributed by atoms with E-state index in [1.54, 1.807) is 16.7 Å². The maximum atomic E-state index is 12.8. The van der Waals surface area contributed by atoms with Crippen molar-refractivity contribution in [2.24, 2.45) is 5.73 Å². The maximum absolute atomic E-state index is 12.8. The maximum Gasteiger partial charge on any atom is 0.416 e. The number of amides is 1. The number of nitrogens with zero attached hydrogens (tertiary/aromatic N) is 2. The summed E-state index contributed by atoms with van der Waals surface area (Å²) in [5, 5.41) is 0. The Morgan fingerprint density at radius 3 is 2.64 bits per heavy atom. The molecule has 1 aromatic carbocycles. The number of rotatable bonds is 2. The molecule has 0 spiro atoms. The molecule has 0 unspecified atom stereocenters. The van der Waals surface area contributed by atoms with Crippen LogP contribution in [-0.2, 0) is 6.18 Å². The highest BCUT2D eigenvalue weighted by molar-refractivity contribution is 5.93. The fourth-order valence-corrected chi connectivity index (χ4v) is 2.20. The van der Waals surface area contributed by atoms with Gasteiger partial charge in [-0.05, 0) is 24.3 Å². The number of alkyl halides is 3. The number of fused-ring (bicyclic) bond motifs is 1. The number of pyridine rings is 1. The number of primary amides is 1. The lowest BCUT2D eigenvalue weighted by Crippen LogP contribution is -2.11. The Balaban J connectivity index is 2.13. The fraction of sp³-hybridized carbons (Fsp3) is 0.0667. The molecule has 3 aromatic rings. The van der Waals surface area contributed by atoms with Gasteiger partial charge in [-0.25, -0.2) is 4.98 Å². The van der Waals surface area contributed by atoms with Gasteiger partial charge in [0.15, 0.2) is 0 Å². The number of aromatic nitrogens is 2. The van der Waals surface area contributed by atoms with Crippen LogP contribution < -0.4 is 5.73 Å². The van der Waals surface area contributed by atoms with E-state index < -0.39 is 17.6 Å². The first-order chi connectivity index (χ1) is 10.4. The normalized spacial score (nSPS) is 11.8. The van der Waals surface area contributed by atoms with Gasteiger partial charge in [-0.15, -0.1) is 0 Å². The third-order valence-electron chi connectivity index (χ3n) is 3.28. The molecule has 0 radical (unpaired) electrons. The Morgan fingerprint density at radius 1 is 1.18 bits per heavy atom. The van der Waals surface area contributed by atoms with Crippen LogP contribution in [0.15, 0.2) is 48.8 Å². The number of benzene rings is 1. The van der Waals surface area contributed by atoms with Crippen molar-refractivity contribution >= 4 is 11.6 Å². The molecule has 2 heterocycles. The highest BCUT2D eigenvalue weighted by Gasteiger charge is 2.30. The Morgan fingerprint density at radius 2 is 1.95 bits per heavy atom. The first-order valence-corrected chi connectivity index (χ1v) is 6.31. The minimum atomic E-state index is -4.41. The van der Waals surface area contributed by atoms with Crippen molar-refractivity contribution < 1.29 is 18.0 Å². The molecule has 1 amide bonds. The molecule has 22 heavy (non-hydrogen) atoms. The monoisotopic (exact) mass is 305 g/mol. The van der Waals surface area contributed by atoms with Crippen molar-refractivity contribution in [1.82, 2.24) is 9.38 Å². The zero-order valence-electron chi connectivity index (χ0n) is 11.1. The van der Waals surface area contributed by atoms with Crippen molar-refractivity contribution in [1.29, 1.82) is 0 Å². The summed E-state index contributed by atoms with van der Waals surface area (Å²) in [5.74, 6) is -0.592. The summed E-state index contributed by atoms with van der Waals surface area (Å²) in [5.41, 5.74) is 6.06. The lowest BCUT2D eigenvalue weighted by atomic mass is 10.1. The van der Waals surface area contributed by atoms with Crippen LogP contribution in [0.25, 0.3) is 16.9 Å². The molecular formula is C15H10F3N3O. The van der Waals surface area contributed by atoms with Crippen LogP contribution in [0.2, 0.25) is 0 Å². The van der Waals surface area contributed by atoms with E-state index in [1.165, 1.54) is 24.4 Å².